The summed E-state index contributed by atoms with van der Waals surface area (Å²) in [6.45, 7) is 7.06. The summed E-state index contributed by atoms with van der Waals surface area (Å²) in [5.41, 5.74) is 3.60. The second-order valence-corrected chi connectivity index (χ2v) is 9.12. The highest BCUT2D eigenvalue weighted by Crippen LogP contribution is 2.41. The van der Waals surface area contributed by atoms with E-state index in [4.69, 9.17) is 9.47 Å². The van der Waals surface area contributed by atoms with Gasteiger partial charge in [0, 0.05) is 32.2 Å². The Balaban J connectivity index is 1.79. The van der Waals surface area contributed by atoms with Gasteiger partial charge in [0.05, 0.1) is 11.6 Å². The van der Waals surface area contributed by atoms with Crippen molar-refractivity contribution >= 4 is 17.4 Å². The van der Waals surface area contributed by atoms with Crippen molar-refractivity contribution < 1.29 is 24.2 Å². The minimum atomic E-state index is -0.659. The lowest BCUT2D eigenvalue weighted by Gasteiger charge is -2.25. The number of hydrogen-bond donors (Lipinski definition) is 1. The molecule has 0 bridgehead atoms. The fraction of sp³-hybridized carbons (Fsp3) is 0.407. The lowest BCUT2D eigenvalue weighted by atomic mass is 9.92. The van der Waals surface area contributed by atoms with Crippen LogP contribution in [-0.4, -0.2) is 48.1 Å². The summed E-state index contributed by atoms with van der Waals surface area (Å²) < 4.78 is 10.9. The number of fused-ring (bicyclic) bond motifs is 1. The molecule has 33 heavy (non-hydrogen) atoms. The minimum absolute atomic E-state index is 0.0724. The van der Waals surface area contributed by atoms with Gasteiger partial charge in [-0.2, -0.15) is 0 Å². The monoisotopic (exact) mass is 449 g/mol. The number of amides is 1. The van der Waals surface area contributed by atoms with Gasteiger partial charge in [0.15, 0.2) is 0 Å². The number of hydrogen-bond acceptors (Lipinski definition) is 5. The number of benzene rings is 2. The second kappa shape index (κ2) is 9.40. The molecule has 2 heterocycles. The molecule has 1 fully saturated rings. The zero-order chi connectivity index (χ0) is 23.7. The Kier molecular flexibility index (Phi) is 6.56. The van der Waals surface area contributed by atoms with Crippen LogP contribution in [0.3, 0.4) is 0 Å². The van der Waals surface area contributed by atoms with E-state index < -0.39 is 17.7 Å². The molecule has 6 heteroatoms. The van der Waals surface area contributed by atoms with E-state index in [0.29, 0.717) is 31.1 Å². The molecule has 174 valence electrons. The smallest absolute Gasteiger partial charge is 0.295 e. The van der Waals surface area contributed by atoms with Crippen LogP contribution in [0.2, 0.25) is 0 Å². The number of rotatable bonds is 7. The van der Waals surface area contributed by atoms with Crippen molar-refractivity contribution in [2.75, 3.05) is 20.3 Å². The van der Waals surface area contributed by atoms with Crippen LogP contribution in [0.1, 0.15) is 61.4 Å². The summed E-state index contributed by atoms with van der Waals surface area (Å²) in [6.07, 6.45) is 1.41. The summed E-state index contributed by atoms with van der Waals surface area (Å²) in [5.74, 6) is -0.248. The largest absolute Gasteiger partial charge is 0.507 e. The van der Waals surface area contributed by atoms with Crippen molar-refractivity contribution in [3.05, 3.63) is 70.3 Å². The summed E-state index contributed by atoms with van der Waals surface area (Å²) in [5, 5.41) is 11.3. The molecule has 4 rings (SSSR count). The van der Waals surface area contributed by atoms with Crippen LogP contribution >= 0.6 is 0 Å². The Morgan fingerprint density at radius 3 is 2.58 bits per heavy atom. The second-order valence-electron chi connectivity index (χ2n) is 9.12. The molecule has 1 amide bonds. The summed E-state index contributed by atoms with van der Waals surface area (Å²) >= 11 is 0. The highest BCUT2D eigenvalue weighted by atomic mass is 16.5. The Bertz CT molecular complexity index is 1090. The van der Waals surface area contributed by atoms with E-state index in [9.17, 15) is 14.7 Å². The number of aliphatic hydroxyl groups excluding tert-OH is 1. The van der Waals surface area contributed by atoms with Gasteiger partial charge in [0.1, 0.15) is 17.6 Å². The van der Waals surface area contributed by atoms with Crippen LogP contribution in [-0.2, 0) is 20.7 Å². The number of ether oxygens (including phenoxy) is 2. The van der Waals surface area contributed by atoms with Gasteiger partial charge in [-0.15, -0.1) is 0 Å². The average molecular weight is 450 g/mol. The number of aliphatic hydroxyl groups is 1. The minimum Gasteiger partial charge on any atom is -0.507 e. The molecule has 0 spiro atoms. The highest BCUT2D eigenvalue weighted by molar-refractivity contribution is 6.46. The fourth-order valence-corrected chi connectivity index (χ4v) is 4.62. The lowest BCUT2D eigenvalue weighted by molar-refractivity contribution is -0.140. The molecule has 1 saturated heterocycles. The molecule has 2 aliphatic rings. The molecule has 2 aliphatic heterocycles. The molecular formula is C27H31NO5. The quantitative estimate of drug-likeness (QED) is 0.290. The van der Waals surface area contributed by atoms with Crippen molar-refractivity contribution in [3.63, 3.8) is 0 Å². The molecule has 2 aromatic carbocycles. The fourth-order valence-electron chi connectivity index (χ4n) is 4.62. The predicted molar refractivity (Wildman–Crippen MR) is 126 cm³/mol. The predicted octanol–water partition coefficient (Wildman–Crippen LogP) is 4.59. The standard InChI is InChI=1S/C27H31NO5/c1-16(2)18-6-8-19(9-7-18)24-23(26(30)27(31)28(24)12-5-13-32-4)25(29)20-10-11-22-21(15-20)14-17(3)33-22/h6-11,15-17,24,29H,5,12-14H2,1-4H3/t17-,24-/m1/s1. The number of nitrogens with zero attached hydrogens (tertiary/aromatic N) is 1. The first-order valence-electron chi connectivity index (χ1n) is 11.5. The molecule has 2 aromatic rings. The maximum atomic E-state index is 13.1. The van der Waals surface area contributed by atoms with E-state index in [0.717, 1.165) is 23.3 Å². The summed E-state index contributed by atoms with van der Waals surface area (Å²) in [4.78, 5) is 27.7. The van der Waals surface area contributed by atoms with Crippen molar-refractivity contribution in [1.82, 2.24) is 4.90 Å². The Morgan fingerprint density at radius 1 is 1.18 bits per heavy atom. The normalized spacial score (nSPS) is 21.5. The molecule has 0 aromatic heterocycles. The number of methoxy groups -OCH3 is 1. The van der Waals surface area contributed by atoms with E-state index in [1.54, 1.807) is 18.1 Å². The van der Waals surface area contributed by atoms with Crippen molar-refractivity contribution in [3.8, 4) is 5.75 Å². The molecule has 0 aliphatic carbocycles. The van der Waals surface area contributed by atoms with Crippen LogP contribution in [0.4, 0.5) is 0 Å². The first-order chi connectivity index (χ1) is 15.8. The number of carbonyl (C=O) groups is 2. The molecule has 0 saturated carbocycles. The van der Waals surface area contributed by atoms with Crippen molar-refractivity contribution in [2.24, 2.45) is 0 Å². The highest BCUT2D eigenvalue weighted by Gasteiger charge is 2.45. The number of ketones is 1. The Hall–Kier alpha value is -3.12. The summed E-state index contributed by atoms with van der Waals surface area (Å²) in [7, 11) is 1.61. The van der Waals surface area contributed by atoms with Crippen LogP contribution < -0.4 is 4.74 Å². The van der Waals surface area contributed by atoms with E-state index in [1.807, 2.05) is 43.3 Å². The first-order valence-corrected chi connectivity index (χ1v) is 11.5. The molecule has 1 N–H and O–H groups in total. The van der Waals surface area contributed by atoms with Crippen LogP contribution in [0.5, 0.6) is 5.75 Å². The van der Waals surface area contributed by atoms with E-state index in [-0.39, 0.29) is 17.4 Å². The topological polar surface area (TPSA) is 76.1 Å². The van der Waals surface area contributed by atoms with Crippen molar-refractivity contribution in [2.45, 2.75) is 51.7 Å². The van der Waals surface area contributed by atoms with Crippen LogP contribution in [0.15, 0.2) is 48.0 Å². The zero-order valence-electron chi connectivity index (χ0n) is 19.6. The first kappa shape index (κ1) is 23.1. The molecule has 0 unspecified atom stereocenters. The Labute approximate surface area is 194 Å². The molecular weight excluding hydrogens is 418 g/mol. The number of likely N-dealkylation sites (tertiary alicyclic amines) is 1. The molecule has 2 atom stereocenters. The SMILES string of the molecule is COCCCN1C(=O)C(=O)C(=C(O)c2ccc3c(c2)C[C@@H](C)O3)[C@H]1c1ccc(C(C)C)cc1. The van der Waals surface area contributed by atoms with Gasteiger partial charge in [-0.25, -0.2) is 0 Å². The van der Waals surface area contributed by atoms with Gasteiger partial charge in [0.25, 0.3) is 11.7 Å². The maximum Gasteiger partial charge on any atom is 0.295 e. The van der Waals surface area contributed by atoms with E-state index in [2.05, 4.69) is 13.8 Å². The van der Waals surface area contributed by atoms with E-state index in [1.165, 1.54) is 5.56 Å². The van der Waals surface area contributed by atoms with Crippen molar-refractivity contribution in [1.29, 1.82) is 0 Å². The van der Waals surface area contributed by atoms with Gasteiger partial charge >= 0.3 is 0 Å². The summed E-state index contributed by atoms with van der Waals surface area (Å²) in [6, 6.07) is 12.7. The zero-order valence-corrected chi connectivity index (χ0v) is 19.6. The van der Waals surface area contributed by atoms with Gasteiger partial charge in [-0.1, -0.05) is 38.1 Å². The molecule has 6 nitrogen and oxygen atoms in total. The third-order valence-electron chi connectivity index (χ3n) is 6.38. The molecule has 0 radical (unpaired) electrons. The third kappa shape index (κ3) is 4.40. The average Bonchev–Trinajstić information content (AvgIpc) is 3.29. The number of Topliss-reactive ketones (excluding diaryl/α,β-unsaturated/α-hetero) is 1. The van der Waals surface area contributed by atoms with Gasteiger partial charge in [0.2, 0.25) is 0 Å². The Morgan fingerprint density at radius 2 is 1.91 bits per heavy atom. The maximum absolute atomic E-state index is 13.1. The van der Waals surface area contributed by atoms with E-state index >= 15 is 0 Å². The lowest BCUT2D eigenvalue weighted by Crippen LogP contribution is -2.31. The number of carbonyl (C=O) groups excluding carboxylic acids is 2. The van der Waals surface area contributed by atoms with Crippen LogP contribution in [0.25, 0.3) is 5.76 Å². The van der Waals surface area contributed by atoms with Gasteiger partial charge in [-0.05, 0) is 54.2 Å². The van der Waals surface area contributed by atoms with Gasteiger partial charge < -0.3 is 19.5 Å². The van der Waals surface area contributed by atoms with Crippen LogP contribution in [0, 0.1) is 0 Å². The third-order valence-corrected chi connectivity index (χ3v) is 6.38. The van der Waals surface area contributed by atoms with Gasteiger partial charge in [-0.3, -0.25) is 9.59 Å².